The van der Waals surface area contributed by atoms with Crippen molar-refractivity contribution in [2.75, 3.05) is 6.54 Å². The number of hydrogen-bond acceptors (Lipinski definition) is 4. The molecule has 2 aromatic heterocycles. The first kappa shape index (κ1) is 15.5. The lowest BCUT2D eigenvalue weighted by Gasteiger charge is -2.05. The van der Waals surface area contributed by atoms with Gasteiger partial charge in [-0.25, -0.2) is 0 Å². The Kier molecular flexibility index (Phi) is 6.22. The van der Waals surface area contributed by atoms with Gasteiger partial charge in [0.2, 0.25) is 0 Å². The number of aryl methyl sites for hydroxylation is 1. The number of nitrogens with one attached hydrogen (secondary N) is 1. The van der Waals surface area contributed by atoms with E-state index in [-0.39, 0.29) is 0 Å². The summed E-state index contributed by atoms with van der Waals surface area (Å²) in [4.78, 5) is 4.42. The summed E-state index contributed by atoms with van der Waals surface area (Å²) in [5, 5.41) is 7.60. The van der Waals surface area contributed by atoms with Crippen LogP contribution in [0.3, 0.4) is 0 Å². The molecule has 0 saturated carbocycles. The maximum atomic E-state index is 5.70. The van der Waals surface area contributed by atoms with Crippen LogP contribution in [-0.2, 0) is 19.7 Å². The molecule has 0 bridgehead atoms. The van der Waals surface area contributed by atoms with E-state index in [2.05, 4.69) is 35.3 Å². The Morgan fingerprint density at radius 1 is 1.19 bits per heavy atom. The predicted octanol–water partition coefficient (Wildman–Crippen LogP) is 2.77. The van der Waals surface area contributed by atoms with Gasteiger partial charge in [0.05, 0.1) is 18.1 Å². The molecular formula is C16H24N4O. The normalized spacial score (nSPS) is 10.8. The molecule has 0 aliphatic rings. The highest BCUT2D eigenvalue weighted by Gasteiger charge is 2.01. The standard InChI is InChI=1S/C16H24N4O/c1-3-7-17-9-14-5-6-15(18-10-14)13-21-16-11-19-20(12-16)8-4-2/h5-6,10-12,17H,3-4,7-9,13H2,1-2H3. The van der Waals surface area contributed by atoms with Crippen molar-refractivity contribution in [2.24, 2.45) is 0 Å². The minimum absolute atomic E-state index is 0.473. The Balaban J connectivity index is 1.79. The molecule has 0 unspecified atom stereocenters. The lowest BCUT2D eigenvalue weighted by Crippen LogP contribution is -2.14. The monoisotopic (exact) mass is 288 g/mol. The SMILES string of the molecule is CCCNCc1ccc(COc2cnn(CCC)c2)nc1. The van der Waals surface area contributed by atoms with Crippen LogP contribution in [0.25, 0.3) is 0 Å². The first-order valence-corrected chi connectivity index (χ1v) is 7.61. The smallest absolute Gasteiger partial charge is 0.157 e. The molecule has 0 atom stereocenters. The van der Waals surface area contributed by atoms with E-state index in [9.17, 15) is 0 Å². The summed E-state index contributed by atoms with van der Waals surface area (Å²) in [6.07, 6.45) is 7.79. The van der Waals surface area contributed by atoms with E-state index >= 15 is 0 Å². The van der Waals surface area contributed by atoms with Crippen LogP contribution in [0.4, 0.5) is 0 Å². The van der Waals surface area contributed by atoms with Crippen LogP contribution < -0.4 is 10.1 Å². The Hall–Kier alpha value is -1.88. The van der Waals surface area contributed by atoms with Gasteiger partial charge in [0.25, 0.3) is 0 Å². The number of hydrogen-bond donors (Lipinski definition) is 1. The fourth-order valence-electron chi connectivity index (χ4n) is 1.98. The molecular weight excluding hydrogens is 264 g/mol. The van der Waals surface area contributed by atoms with E-state index in [4.69, 9.17) is 4.74 Å². The number of rotatable bonds is 9. The summed E-state index contributed by atoms with van der Waals surface area (Å²) in [5.74, 6) is 0.791. The quantitative estimate of drug-likeness (QED) is 0.721. The van der Waals surface area contributed by atoms with Crippen molar-refractivity contribution >= 4 is 0 Å². The minimum atomic E-state index is 0.473. The van der Waals surface area contributed by atoms with Gasteiger partial charge in [0.1, 0.15) is 6.61 Å². The zero-order chi connectivity index (χ0) is 14.9. The second-order valence-electron chi connectivity index (χ2n) is 5.06. The van der Waals surface area contributed by atoms with Crippen molar-refractivity contribution in [1.29, 1.82) is 0 Å². The molecule has 0 saturated heterocycles. The van der Waals surface area contributed by atoms with Crippen LogP contribution in [-0.4, -0.2) is 21.3 Å². The van der Waals surface area contributed by atoms with Gasteiger partial charge < -0.3 is 10.1 Å². The van der Waals surface area contributed by atoms with Crippen molar-refractivity contribution in [3.63, 3.8) is 0 Å². The highest BCUT2D eigenvalue weighted by Crippen LogP contribution is 2.11. The van der Waals surface area contributed by atoms with Gasteiger partial charge in [0.15, 0.2) is 5.75 Å². The highest BCUT2D eigenvalue weighted by atomic mass is 16.5. The molecule has 0 aromatic carbocycles. The third-order valence-electron chi connectivity index (χ3n) is 3.09. The predicted molar refractivity (Wildman–Crippen MR) is 83.1 cm³/mol. The maximum Gasteiger partial charge on any atom is 0.157 e. The summed E-state index contributed by atoms with van der Waals surface area (Å²) in [6, 6.07) is 4.11. The van der Waals surface area contributed by atoms with E-state index in [1.165, 1.54) is 5.56 Å². The Morgan fingerprint density at radius 2 is 2.10 bits per heavy atom. The molecule has 1 N–H and O–H groups in total. The first-order chi connectivity index (χ1) is 10.3. The van der Waals surface area contributed by atoms with Crippen molar-refractivity contribution < 1.29 is 4.74 Å². The average Bonchev–Trinajstić information content (AvgIpc) is 2.95. The van der Waals surface area contributed by atoms with Crippen LogP contribution >= 0.6 is 0 Å². The number of nitrogens with zero attached hydrogens (tertiary/aromatic N) is 3. The molecule has 114 valence electrons. The summed E-state index contributed by atoms with van der Waals surface area (Å²) in [6.45, 7) is 7.58. The summed E-state index contributed by atoms with van der Waals surface area (Å²) in [7, 11) is 0. The first-order valence-electron chi connectivity index (χ1n) is 7.61. The lowest BCUT2D eigenvalue weighted by molar-refractivity contribution is 0.301. The number of ether oxygens (including phenoxy) is 1. The molecule has 0 amide bonds. The van der Waals surface area contributed by atoms with Gasteiger partial charge in [-0.2, -0.15) is 5.10 Å². The summed E-state index contributed by atoms with van der Waals surface area (Å²) < 4.78 is 7.59. The van der Waals surface area contributed by atoms with E-state index in [0.717, 1.165) is 43.9 Å². The van der Waals surface area contributed by atoms with Gasteiger partial charge >= 0.3 is 0 Å². The number of pyridine rings is 1. The van der Waals surface area contributed by atoms with Crippen molar-refractivity contribution in [1.82, 2.24) is 20.1 Å². The summed E-state index contributed by atoms with van der Waals surface area (Å²) in [5.41, 5.74) is 2.13. The van der Waals surface area contributed by atoms with Crippen LogP contribution in [0.15, 0.2) is 30.7 Å². The van der Waals surface area contributed by atoms with E-state index in [1.807, 2.05) is 23.1 Å². The van der Waals surface area contributed by atoms with E-state index in [0.29, 0.717) is 6.61 Å². The van der Waals surface area contributed by atoms with E-state index < -0.39 is 0 Å². The van der Waals surface area contributed by atoms with Gasteiger partial charge in [0, 0.05) is 19.3 Å². The molecule has 5 nitrogen and oxygen atoms in total. The minimum Gasteiger partial charge on any atom is -0.484 e. The van der Waals surface area contributed by atoms with Crippen LogP contribution in [0.1, 0.15) is 37.9 Å². The van der Waals surface area contributed by atoms with Gasteiger partial charge in [-0.1, -0.05) is 19.9 Å². The van der Waals surface area contributed by atoms with Crippen LogP contribution in [0.2, 0.25) is 0 Å². The van der Waals surface area contributed by atoms with Crippen LogP contribution in [0, 0.1) is 0 Å². The average molecular weight is 288 g/mol. The zero-order valence-corrected chi connectivity index (χ0v) is 12.9. The molecule has 0 aliphatic heterocycles. The highest BCUT2D eigenvalue weighted by molar-refractivity contribution is 5.16. The molecule has 5 heteroatoms. The second kappa shape index (κ2) is 8.42. The summed E-state index contributed by atoms with van der Waals surface area (Å²) >= 11 is 0. The van der Waals surface area contributed by atoms with Crippen molar-refractivity contribution in [3.05, 3.63) is 42.0 Å². The van der Waals surface area contributed by atoms with Crippen molar-refractivity contribution in [3.8, 4) is 5.75 Å². The van der Waals surface area contributed by atoms with Crippen molar-refractivity contribution in [2.45, 2.75) is 46.4 Å². The molecule has 2 aromatic rings. The Labute approximate surface area is 126 Å². The fourth-order valence-corrected chi connectivity index (χ4v) is 1.98. The second-order valence-corrected chi connectivity index (χ2v) is 5.06. The third kappa shape index (κ3) is 5.19. The van der Waals surface area contributed by atoms with Gasteiger partial charge in [-0.15, -0.1) is 0 Å². The molecule has 2 heterocycles. The fraction of sp³-hybridized carbons (Fsp3) is 0.500. The number of aromatic nitrogens is 3. The topological polar surface area (TPSA) is 52.0 Å². The van der Waals surface area contributed by atoms with Gasteiger partial charge in [-0.3, -0.25) is 9.67 Å². The molecule has 0 spiro atoms. The van der Waals surface area contributed by atoms with E-state index in [1.54, 1.807) is 6.20 Å². The molecule has 21 heavy (non-hydrogen) atoms. The molecule has 0 fully saturated rings. The lowest BCUT2D eigenvalue weighted by atomic mass is 10.2. The largest absolute Gasteiger partial charge is 0.484 e. The maximum absolute atomic E-state index is 5.70. The molecule has 2 rings (SSSR count). The van der Waals surface area contributed by atoms with Gasteiger partial charge in [-0.05, 0) is 31.0 Å². The molecule has 0 aliphatic carbocycles. The van der Waals surface area contributed by atoms with Crippen LogP contribution in [0.5, 0.6) is 5.75 Å². The molecule has 0 radical (unpaired) electrons. The third-order valence-corrected chi connectivity index (χ3v) is 3.09. The Bertz CT molecular complexity index is 521. The Morgan fingerprint density at radius 3 is 2.81 bits per heavy atom. The zero-order valence-electron chi connectivity index (χ0n) is 12.9.